The van der Waals surface area contributed by atoms with Crippen LogP contribution in [-0.4, -0.2) is 71.0 Å². The van der Waals surface area contributed by atoms with Gasteiger partial charge in [0.15, 0.2) is 11.8 Å². The van der Waals surface area contributed by atoms with E-state index in [4.69, 9.17) is 4.74 Å². The number of nitrogens with one attached hydrogen (secondary N) is 2. The number of aliphatic imine (C=N–C) groups is 1. The molecule has 0 saturated heterocycles. The molecule has 0 radical (unpaired) electrons. The lowest BCUT2D eigenvalue weighted by Gasteiger charge is -2.31. The first-order valence-electron chi connectivity index (χ1n) is 9.59. The highest BCUT2D eigenvalue weighted by atomic mass is 16.5. The van der Waals surface area contributed by atoms with Crippen molar-refractivity contribution in [3.05, 3.63) is 11.6 Å². The fourth-order valence-corrected chi connectivity index (χ4v) is 3.47. The lowest BCUT2D eigenvalue weighted by atomic mass is 10.1. The van der Waals surface area contributed by atoms with Crippen LogP contribution in [0.25, 0.3) is 0 Å². The van der Waals surface area contributed by atoms with Crippen molar-refractivity contribution in [2.45, 2.75) is 71.8 Å². The monoisotopic (exact) mass is 365 g/mol. The van der Waals surface area contributed by atoms with Gasteiger partial charge in [0.05, 0.1) is 6.54 Å². The Morgan fingerprint density at radius 1 is 1.35 bits per heavy atom. The highest BCUT2D eigenvalue weighted by molar-refractivity contribution is 5.79. The Morgan fingerprint density at radius 3 is 2.69 bits per heavy atom. The molecule has 0 aliphatic carbocycles. The minimum atomic E-state index is 0.303. The normalized spacial score (nSPS) is 17.9. The molecule has 8 nitrogen and oxygen atoms in total. The van der Waals surface area contributed by atoms with E-state index in [1.165, 1.54) is 0 Å². The number of aryl methyl sites for hydroxylation is 1. The third kappa shape index (κ3) is 5.67. The summed E-state index contributed by atoms with van der Waals surface area (Å²) in [7, 11) is 3.48. The predicted octanol–water partition coefficient (Wildman–Crippen LogP) is 1.02. The Labute approximate surface area is 157 Å². The van der Waals surface area contributed by atoms with E-state index in [0.717, 1.165) is 50.1 Å². The molecule has 1 atom stereocenters. The number of ether oxygens (including phenoxy) is 1. The van der Waals surface area contributed by atoms with E-state index in [9.17, 15) is 0 Å². The molecular formula is C18H35N7O. The second-order valence-corrected chi connectivity index (χ2v) is 7.36. The van der Waals surface area contributed by atoms with Gasteiger partial charge in [-0.2, -0.15) is 5.10 Å². The molecule has 1 aromatic heterocycles. The smallest absolute Gasteiger partial charge is 0.191 e. The number of methoxy groups -OCH3 is 1. The summed E-state index contributed by atoms with van der Waals surface area (Å²) in [5.41, 5.74) is 0. The van der Waals surface area contributed by atoms with E-state index < -0.39 is 0 Å². The third-order valence-electron chi connectivity index (χ3n) is 4.73. The van der Waals surface area contributed by atoms with Gasteiger partial charge in [-0.3, -0.25) is 9.89 Å². The molecule has 2 N–H and O–H groups in total. The van der Waals surface area contributed by atoms with Gasteiger partial charge in [0.1, 0.15) is 12.4 Å². The Hall–Kier alpha value is -1.67. The van der Waals surface area contributed by atoms with Gasteiger partial charge in [-0.25, -0.2) is 9.67 Å². The molecule has 0 bridgehead atoms. The van der Waals surface area contributed by atoms with E-state index in [-0.39, 0.29) is 0 Å². The molecule has 0 saturated carbocycles. The summed E-state index contributed by atoms with van der Waals surface area (Å²) in [4.78, 5) is 11.4. The van der Waals surface area contributed by atoms with Crippen LogP contribution >= 0.6 is 0 Å². The topological polar surface area (TPSA) is 79.6 Å². The van der Waals surface area contributed by atoms with Gasteiger partial charge < -0.3 is 15.4 Å². The van der Waals surface area contributed by atoms with Gasteiger partial charge in [0.2, 0.25) is 0 Å². The van der Waals surface area contributed by atoms with Crippen molar-refractivity contribution in [2.75, 3.05) is 27.2 Å². The summed E-state index contributed by atoms with van der Waals surface area (Å²) in [6.45, 7) is 12.1. The second kappa shape index (κ2) is 9.87. The van der Waals surface area contributed by atoms with Gasteiger partial charge in [0.25, 0.3) is 0 Å². The lowest BCUT2D eigenvalue weighted by molar-refractivity contribution is 0.177. The largest absolute Gasteiger partial charge is 0.377 e. The molecule has 2 rings (SSSR count). The van der Waals surface area contributed by atoms with Crippen molar-refractivity contribution in [3.63, 3.8) is 0 Å². The number of aromatic nitrogens is 3. The van der Waals surface area contributed by atoms with E-state index >= 15 is 0 Å². The van der Waals surface area contributed by atoms with Crippen molar-refractivity contribution in [2.24, 2.45) is 4.99 Å². The number of hydrogen-bond acceptors (Lipinski definition) is 5. The summed E-state index contributed by atoms with van der Waals surface area (Å²) in [5, 5.41) is 11.5. The van der Waals surface area contributed by atoms with Crippen molar-refractivity contribution < 1.29 is 4.74 Å². The molecule has 1 aromatic rings. The molecule has 2 heterocycles. The molecule has 1 aliphatic heterocycles. The van der Waals surface area contributed by atoms with Crippen molar-refractivity contribution in [3.8, 4) is 0 Å². The molecule has 0 amide bonds. The molecule has 1 aliphatic rings. The Kier molecular flexibility index (Phi) is 7.84. The Morgan fingerprint density at radius 2 is 2.08 bits per heavy atom. The maximum atomic E-state index is 5.12. The van der Waals surface area contributed by atoms with Gasteiger partial charge in [-0.05, 0) is 34.1 Å². The molecule has 0 spiro atoms. The zero-order valence-corrected chi connectivity index (χ0v) is 17.1. The molecule has 8 heteroatoms. The summed E-state index contributed by atoms with van der Waals surface area (Å²) in [6.07, 6.45) is 1.94. The fourth-order valence-electron chi connectivity index (χ4n) is 3.47. The number of rotatable bonds is 8. The average Bonchev–Trinajstić information content (AvgIpc) is 2.98. The average molecular weight is 366 g/mol. The molecule has 26 heavy (non-hydrogen) atoms. The standard InChI is InChI=1S/C18H35N7O/c1-13(2)24(14(3)4)10-9-20-18(19-5)21-15-7-8-17-22-16(12-26-6)23-25(17)11-15/h13-15H,7-12H2,1-6H3,(H2,19,20,21). The van der Waals surface area contributed by atoms with E-state index in [0.29, 0.717) is 24.7 Å². The van der Waals surface area contributed by atoms with Crippen LogP contribution in [0.15, 0.2) is 4.99 Å². The molecule has 148 valence electrons. The Bertz CT molecular complexity index is 574. The van der Waals surface area contributed by atoms with Crippen molar-refractivity contribution in [1.29, 1.82) is 0 Å². The highest BCUT2D eigenvalue weighted by Crippen LogP contribution is 2.13. The van der Waals surface area contributed by atoms with Gasteiger partial charge >= 0.3 is 0 Å². The van der Waals surface area contributed by atoms with Gasteiger partial charge in [-0.15, -0.1) is 0 Å². The van der Waals surface area contributed by atoms with Crippen LogP contribution in [0, 0.1) is 0 Å². The summed E-state index contributed by atoms with van der Waals surface area (Å²) < 4.78 is 7.11. The van der Waals surface area contributed by atoms with Crippen molar-refractivity contribution >= 4 is 5.96 Å². The minimum absolute atomic E-state index is 0.303. The molecule has 1 unspecified atom stereocenters. The summed E-state index contributed by atoms with van der Waals surface area (Å²) in [6, 6.07) is 1.38. The molecular weight excluding hydrogens is 330 g/mol. The number of hydrogen-bond donors (Lipinski definition) is 2. The van der Waals surface area contributed by atoms with Crippen LogP contribution in [0.3, 0.4) is 0 Å². The van der Waals surface area contributed by atoms with Crippen LogP contribution in [0.5, 0.6) is 0 Å². The fraction of sp³-hybridized carbons (Fsp3) is 0.833. The van der Waals surface area contributed by atoms with Crippen molar-refractivity contribution in [1.82, 2.24) is 30.3 Å². The lowest BCUT2D eigenvalue weighted by Crippen LogP contribution is -2.49. The third-order valence-corrected chi connectivity index (χ3v) is 4.73. The van der Waals surface area contributed by atoms with Gasteiger partial charge in [-0.1, -0.05) is 0 Å². The van der Waals surface area contributed by atoms with Gasteiger partial charge in [0, 0.05) is 51.8 Å². The van der Waals surface area contributed by atoms with Crippen LogP contribution in [0.4, 0.5) is 0 Å². The van der Waals surface area contributed by atoms with E-state index in [1.54, 1.807) is 7.11 Å². The first kappa shape index (κ1) is 20.6. The number of fused-ring (bicyclic) bond motifs is 1. The van der Waals surface area contributed by atoms with Crippen LogP contribution in [-0.2, 0) is 24.3 Å². The summed E-state index contributed by atoms with van der Waals surface area (Å²) >= 11 is 0. The number of nitrogens with zero attached hydrogens (tertiary/aromatic N) is 5. The maximum Gasteiger partial charge on any atom is 0.191 e. The van der Waals surface area contributed by atoms with Crippen LogP contribution in [0.1, 0.15) is 45.8 Å². The maximum absolute atomic E-state index is 5.12. The van der Waals surface area contributed by atoms with Crippen LogP contribution in [0.2, 0.25) is 0 Å². The molecule has 0 aromatic carbocycles. The Balaban J connectivity index is 1.83. The predicted molar refractivity (Wildman–Crippen MR) is 104 cm³/mol. The SMILES string of the molecule is CN=C(NCCN(C(C)C)C(C)C)NC1CCc2nc(COC)nn2C1. The number of guanidine groups is 1. The minimum Gasteiger partial charge on any atom is -0.377 e. The summed E-state index contributed by atoms with van der Waals surface area (Å²) in [5.74, 6) is 2.65. The first-order chi connectivity index (χ1) is 12.4. The van der Waals surface area contributed by atoms with E-state index in [2.05, 4.69) is 58.3 Å². The second-order valence-electron chi connectivity index (χ2n) is 7.36. The zero-order valence-electron chi connectivity index (χ0n) is 17.1. The molecule has 0 fully saturated rings. The van der Waals surface area contributed by atoms with E-state index in [1.807, 2.05) is 11.7 Å². The van der Waals surface area contributed by atoms with Crippen LogP contribution < -0.4 is 10.6 Å². The zero-order chi connectivity index (χ0) is 19.1. The quantitative estimate of drug-likeness (QED) is 0.529. The highest BCUT2D eigenvalue weighted by Gasteiger charge is 2.22. The first-order valence-corrected chi connectivity index (χ1v) is 9.59.